The number of para-hydroxylation sites is 1. The molecule has 0 aliphatic carbocycles. The number of carbonyl (C=O) groups is 1. The number of benzene rings is 4. The Morgan fingerprint density at radius 1 is 0.875 bits per heavy atom. The Bertz CT molecular complexity index is 1780. The van der Waals surface area contributed by atoms with Gasteiger partial charge in [-0.2, -0.15) is 4.72 Å². The molecule has 206 valence electrons. The van der Waals surface area contributed by atoms with E-state index in [0.29, 0.717) is 23.6 Å². The summed E-state index contributed by atoms with van der Waals surface area (Å²) in [5.74, 6) is 0.188. The highest BCUT2D eigenvalue weighted by molar-refractivity contribution is 7.89. The molecule has 0 aliphatic rings. The van der Waals surface area contributed by atoms with Crippen molar-refractivity contribution in [3.05, 3.63) is 102 Å². The van der Waals surface area contributed by atoms with Gasteiger partial charge in [-0.15, -0.1) is 0 Å². The molecule has 1 aromatic heterocycles. The van der Waals surface area contributed by atoms with Crippen LogP contribution in [-0.4, -0.2) is 31.5 Å². The van der Waals surface area contributed by atoms with Gasteiger partial charge in [0.05, 0.1) is 11.5 Å². The fraction of sp³-hybridized carbons (Fsp3) is 0.219. The van der Waals surface area contributed by atoms with Gasteiger partial charge in [0.1, 0.15) is 11.8 Å². The first kappa shape index (κ1) is 27.4. The quantitative estimate of drug-likeness (QED) is 0.220. The van der Waals surface area contributed by atoms with Gasteiger partial charge in [0.25, 0.3) is 0 Å². The van der Waals surface area contributed by atoms with Crippen molar-refractivity contribution < 1.29 is 17.9 Å². The Balaban J connectivity index is 1.45. The number of fused-ring (bicyclic) bond motifs is 3. The number of carbonyl (C=O) groups excluding carboxylic acids is 1. The van der Waals surface area contributed by atoms with Gasteiger partial charge >= 0.3 is 0 Å². The molecule has 4 aromatic carbocycles. The summed E-state index contributed by atoms with van der Waals surface area (Å²) in [6, 6.07) is 27.0. The molecule has 1 unspecified atom stereocenters. The van der Waals surface area contributed by atoms with Crippen molar-refractivity contribution in [2.24, 2.45) is 0 Å². The molecule has 0 saturated heterocycles. The Hall–Kier alpha value is -4.14. The molecule has 2 N–H and O–H groups in total. The minimum Gasteiger partial charge on any atom is -0.494 e. The zero-order valence-corrected chi connectivity index (χ0v) is 23.7. The van der Waals surface area contributed by atoms with Crippen LogP contribution in [0.15, 0.2) is 95.9 Å². The number of hydrogen-bond donors (Lipinski definition) is 2. The lowest BCUT2D eigenvalue weighted by molar-refractivity contribution is -0.117. The maximum atomic E-state index is 13.6. The van der Waals surface area contributed by atoms with Crippen LogP contribution in [0.3, 0.4) is 0 Å². The van der Waals surface area contributed by atoms with Crippen LogP contribution >= 0.6 is 0 Å². The van der Waals surface area contributed by atoms with Gasteiger partial charge in [0.15, 0.2) is 0 Å². The standard InChI is InChI=1S/C32H33N3O4S/c1-4-35-29-14-10-9-13-26(29)27-21-24(15-17-30(27)35)33-32(36)28(20-23-11-7-6-8-12-23)34-40(37,38)25-16-18-31(39-5-2)22(3)19-25/h6-19,21,28,34H,4-5,20H2,1-3H3,(H,33,36). The van der Waals surface area contributed by atoms with Gasteiger partial charge in [0.2, 0.25) is 15.9 Å². The van der Waals surface area contributed by atoms with Crippen LogP contribution in [0.1, 0.15) is 25.0 Å². The Morgan fingerprint density at radius 3 is 2.33 bits per heavy atom. The molecular formula is C32H33N3O4S. The van der Waals surface area contributed by atoms with Crippen LogP contribution in [0.25, 0.3) is 21.8 Å². The lowest BCUT2D eigenvalue weighted by Crippen LogP contribution is -2.45. The Morgan fingerprint density at radius 2 is 1.60 bits per heavy atom. The third kappa shape index (κ3) is 5.59. The van der Waals surface area contributed by atoms with E-state index in [0.717, 1.165) is 33.9 Å². The number of nitrogens with zero attached hydrogens (tertiary/aromatic N) is 1. The number of anilines is 1. The molecule has 1 atom stereocenters. The summed E-state index contributed by atoms with van der Waals surface area (Å²) in [6.45, 7) is 7.08. The first-order valence-electron chi connectivity index (χ1n) is 13.4. The van der Waals surface area contributed by atoms with Crippen molar-refractivity contribution >= 4 is 43.4 Å². The summed E-state index contributed by atoms with van der Waals surface area (Å²) in [4.78, 5) is 13.7. The molecule has 40 heavy (non-hydrogen) atoms. The van der Waals surface area contributed by atoms with E-state index >= 15 is 0 Å². The molecule has 0 radical (unpaired) electrons. The summed E-state index contributed by atoms with van der Waals surface area (Å²) in [7, 11) is -4.00. The first-order chi connectivity index (χ1) is 19.3. The van der Waals surface area contributed by atoms with E-state index in [4.69, 9.17) is 4.74 Å². The third-order valence-corrected chi connectivity index (χ3v) is 8.48. The van der Waals surface area contributed by atoms with E-state index in [2.05, 4.69) is 33.7 Å². The van der Waals surface area contributed by atoms with Crippen LogP contribution < -0.4 is 14.8 Å². The largest absolute Gasteiger partial charge is 0.494 e. The maximum Gasteiger partial charge on any atom is 0.242 e. The van der Waals surface area contributed by atoms with Gasteiger partial charge in [-0.25, -0.2) is 8.42 Å². The topological polar surface area (TPSA) is 89.4 Å². The molecule has 5 rings (SSSR count). The van der Waals surface area contributed by atoms with Crippen molar-refractivity contribution in [1.29, 1.82) is 0 Å². The van der Waals surface area contributed by atoms with E-state index in [9.17, 15) is 13.2 Å². The fourth-order valence-corrected chi connectivity index (χ4v) is 6.38. The molecule has 0 bridgehead atoms. The average Bonchev–Trinajstić information content (AvgIpc) is 3.27. The van der Waals surface area contributed by atoms with Gasteiger partial charge in [-0.1, -0.05) is 48.5 Å². The molecule has 0 saturated carbocycles. The normalized spacial score (nSPS) is 12.5. The monoisotopic (exact) mass is 555 g/mol. The number of sulfonamides is 1. The van der Waals surface area contributed by atoms with Crippen molar-refractivity contribution in [3.8, 4) is 5.75 Å². The number of aryl methyl sites for hydroxylation is 2. The predicted octanol–water partition coefficient (Wildman–Crippen LogP) is 6.05. The van der Waals surface area contributed by atoms with E-state index in [1.165, 1.54) is 6.07 Å². The minimum atomic E-state index is -4.00. The predicted molar refractivity (Wildman–Crippen MR) is 160 cm³/mol. The molecule has 7 nitrogen and oxygen atoms in total. The summed E-state index contributed by atoms with van der Waals surface area (Å²) >= 11 is 0. The summed E-state index contributed by atoms with van der Waals surface area (Å²) in [5, 5.41) is 5.09. The first-order valence-corrected chi connectivity index (χ1v) is 14.9. The van der Waals surface area contributed by atoms with Crippen LogP contribution in [0.4, 0.5) is 5.69 Å². The van der Waals surface area contributed by atoms with Crippen molar-refractivity contribution in [1.82, 2.24) is 9.29 Å². The molecule has 0 aliphatic heterocycles. The highest BCUT2D eigenvalue weighted by Gasteiger charge is 2.27. The van der Waals surface area contributed by atoms with E-state index < -0.39 is 22.0 Å². The zero-order chi connectivity index (χ0) is 28.3. The number of ether oxygens (including phenoxy) is 1. The number of hydrogen-bond acceptors (Lipinski definition) is 4. The van der Waals surface area contributed by atoms with Crippen LogP contribution in [0.5, 0.6) is 5.75 Å². The lowest BCUT2D eigenvalue weighted by atomic mass is 10.1. The fourth-order valence-electron chi connectivity index (χ4n) is 5.10. The molecule has 1 heterocycles. The second-order valence-electron chi connectivity index (χ2n) is 9.71. The second kappa shape index (κ2) is 11.5. The number of amides is 1. The van der Waals surface area contributed by atoms with Crippen LogP contribution in [0, 0.1) is 6.92 Å². The summed E-state index contributed by atoms with van der Waals surface area (Å²) in [5.41, 5.74) is 4.35. The van der Waals surface area contributed by atoms with Crippen LogP contribution in [0.2, 0.25) is 0 Å². The second-order valence-corrected chi connectivity index (χ2v) is 11.4. The van der Waals surface area contributed by atoms with Gasteiger partial charge < -0.3 is 14.6 Å². The van der Waals surface area contributed by atoms with Crippen molar-refractivity contribution in [3.63, 3.8) is 0 Å². The Labute approximate surface area is 234 Å². The third-order valence-electron chi connectivity index (χ3n) is 7.01. The van der Waals surface area contributed by atoms with Crippen molar-refractivity contribution in [2.45, 2.75) is 44.7 Å². The SMILES string of the molecule is CCOc1ccc(S(=O)(=O)NC(Cc2ccccc2)C(=O)Nc2ccc3c(c2)c2ccccc2n3CC)cc1C. The highest BCUT2D eigenvalue weighted by Crippen LogP contribution is 2.31. The lowest BCUT2D eigenvalue weighted by Gasteiger charge is -2.19. The van der Waals surface area contributed by atoms with Gasteiger partial charge in [-0.05, 0) is 80.8 Å². The zero-order valence-electron chi connectivity index (χ0n) is 22.8. The molecule has 5 aromatic rings. The van der Waals surface area contributed by atoms with Crippen LogP contribution in [-0.2, 0) is 27.8 Å². The van der Waals surface area contributed by atoms with Gasteiger partial charge in [-0.3, -0.25) is 4.79 Å². The number of nitrogens with one attached hydrogen (secondary N) is 2. The maximum absolute atomic E-state index is 13.6. The molecular weight excluding hydrogens is 522 g/mol. The molecule has 8 heteroatoms. The highest BCUT2D eigenvalue weighted by atomic mass is 32.2. The van der Waals surface area contributed by atoms with Gasteiger partial charge in [0, 0.05) is 34.0 Å². The van der Waals surface area contributed by atoms with E-state index in [1.54, 1.807) is 19.1 Å². The Kier molecular flexibility index (Phi) is 7.91. The number of rotatable bonds is 10. The van der Waals surface area contributed by atoms with E-state index in [1.807, 2.05) is 67.6 Å². The van der Waals surface area contributed by atoms with Crippen molar-refractivity contribution in [2.75, 3.05) is 11.9 Å². The van der Waals surface area contributed by atoms with E-state index in [-0.39, 0.29) is 11.3 Å². The number of aromatic nitrogens is 1. The molecule has 0 fully saturated rings. The average molecular weight is 556 g/mol. The summed E-state index contributed by atoms with van der Waals surface area (Å²) in [6.07, 6.45) is 0.194. The molecule has 1 amide bonds. The smallest absolute Gasteiger partial charge is 0.242 e. The summed E-state index contributed by atoms with van der Waals surface area (Å²) < 4.78 is 37.3. The molecule has 0 spiro atoms. The minimum absolute atomic E-state index is 0.0770.